The lowest BCUT2D eigenvalue weighted by molar-refractivity contribution is -0.138. The van der Waals surface area contributed by atoms with Crippen LogP contribution in [0, 0.1) is 0 Å². The highest BCUT2D eigenvalue weighted by molar-refractivity contribution is 7.89. The van der Waals surface area contributed by atoms with Crippen molar-refractivity contribution in [1.82, 2.24) is 10.0 Å². The first-order valence-electron chi connectivity index (χ1n) is 6.82. The Morgan fingerprint density at radius 2 is 1.83 bits per heavy atom. The first-order valence-corrected chi connectivity index (χ1v) is 8.31. The molecule has 3 N–H and O–H groups in total. The summed E-state index contributed by atoms with van der Waals surface area (Å²) >= 11 is 0. The number of hydrogen-bond donors (Lipinski definition) is 3. The molecule has 0 saturated carbocycles. The Balaban J connectivity index is 3.22. The first kappa shape index (κ1) is 18.9. The van der Waals surface area contributed by atoms with Crippen molar-refractivity contribution in [3.8, 4) is 5.75 Å². The van der Waals surface area contributed by atoms with Crippen LogP contribution in [0.4, 0.5) is 0 Å². The second-order valence-corrected chi connectivity index (χ2v) is 6.86. The van der Waals surface area contributed by atoms with Gasteiger partial charge in [-0.2, -0.15) is 0 Å². The maximum Gasteiger partial charge on any atom is 0.325 e. The Bertz CT molecular complexity index is 699. The van der Waals surface area contributed by atoms with E-state index in [9.17, 15) is 18.0 Å². The van der Waals surface area contributed by atoms with Gasteiger partial charge < -0.3 is 15.2 Å². The van der Waals surface area contributed by atoms with Gasteiger partial charge >= 0.3 is 5.97 Å². The summed E-state index contributed by atoms with van der Waals surface area (Å²) in [6.45, 7) is 4.63. The van der Waals surface area contributed by atoms with Crippen molar-refractivity contribution < 1.29 is 27.9 Å². The molecule has 1 aromatic carbocycles. The molecule has 0 aliphatic heterocycles. The lowest BCUT2D eigenvalue weighted by atomic mass is 10.2. The van der Waals surface area contributed by atoms with E-state index in [1.807, 2.05) is 0 Å². The minimum atomic E-state index is -3.87. The van der Waals surface area contributed by atoms with Gasteiger partial charge in [-0.1, -0.05) is 0 Å². The van der Waals surface area contributed by atoms with Gasteiger partial charge in [0.05, 0.1) is 7.11 Å². The summed E-state index contributed by atoms with van der Waals surface area (Å²) in [4.78, 5) is 22.6. The minimum Gasteiger partial charge on any atom is -0.495 e. The van der Waals surface area contributed by atoms with Crippen molar-refractivity contribution in [3.05, 3.63) is 23.8 Å². The van der Waals surface area contributed by atoms with E-state index >= 15 is 0 Å². The Labute approximate surface area is 134 Å². The van der Waals surface area contributed by atoms with Gasteiger partial charge in [0, 0.05) is 11.6 Å². The van der Waals surface area contributed by atoms with Crippen LogP contribution in [0.5, 0.6) is 5.75 Å². The highest BCUT2D eigenvalue weighted by Gasteiger charge is 2.23. The van der Waals surface area contributed by atoms with Gasteiger partial charge in [-0.25, -0.2) is 13.1 Å². The second-order valence-electron chi connectivity index (χ2n) is 5.18. The van der Waals surface area contributed by atoms with E-state index in [1.54, 1.807) is 13.8 Å². The standard InChI is InChI=1S/C14H20N2O6S/c1-8(2)16-23(20,21)12-7-10(5-6-11(12)22-4)13(17)15-9(3)14(18)19/h5-9,16H,1-4H3,(H,15,17)(H,18,19)/t9-/m1/s1. The molecule has 1 aromatic rings. The molecule has 0 aromatic heterocycles. The molecule has 8 nitrogen and oxygen atoms in total. The maximum atomic E-state index is 12.3. The van der Waals surface area contributed by atoms with Crippen molar-refractivity contribution in [1.29, 1.82) is 0 Å². The van der Waals surface area contributed by atoms with Crippen LogP contribution in [-0.4, -0.2) is 44.6 Å². The van der Waals surface area contributed by atoms with Crippen molar-refractivity contribution in [2.75, 3.05) is 7.11 Å². The van der Waals surface area contributed by atoms with E-state index in [-0.39, 0.29) is 22.3 Å². The van der Waals surface area contributed by atoms with E-state index in [0.717, 1.165) is 6.07 Å². The first-order chi connectivity index (χ1) is 10.6. The SMILES string of the molecule is COc1ccc(C(=O)N[C@H](C)C(=O)O)cc1S(=O)(=O)NC(C)C. The largest absolute Gasteiger partial charge is 0.495 e. The highest BCUT2D eigenvalue weighted by atomic mass is 32.2. The predicted octanol–water partition coefficient (Wildman–Crippen LogP) is 0.585. The van der Waals surface area contributed by atoms with Gasteiger partial charge in [0.25, 0.3) is 5.91 Å². The minimum absolute atomic E-state index is 0.0167. The van der Waals surface area contributed by atoms with Crippen LogP contribution in [0.3, 0.4) is 0 Å². The zero-order chi connectivity index (χ0) is 17.8. The Morgan fingerprint density at radius 1 is 1.22 bits per heavy atom. The maximum absolute atomic E-state index is 12.3. The molecule has 0 aliphatic carbocycles. The molecule has 23 heavy (non-hydrogen) atoms. The lowest BCUT2D eigenvalue weighted by Crippen LogP contribution is -2.38. The normalized spacial score (nSPS) is 12.7. The molecule has 1 rings (SSSR count). The van der Waals surface area contributed by atoms with Crippen molar-refractivity contribution in [3.63, 3.8) is 0 Å². The molecule has 128 valence electrons. The number of methoxy groups -OCH3 is 1. The molecule has 0 heterocycles. The fourth-order valence-electron chi connectivity index (χ4n) is 1.74. The molecule has 0 radical (unpaired) electrons. The third-order valence-corrected chi connectivity index (χ3v) is 4.50. The number of hydrogen-bond acceptors (Lipinski definition) is 5. The van der Waals surface area contributed by atoms with Gasteiger partial charge in [-0.3, -0.25) is 9.59 Å². The molecule has 0 unspecified atom stereocenters. The summed E-state index contributed by atoms with van der Waals surface area (Å²) < 4.78 is 32.0. The van der Waals surface area contributed by atoms with Gasteiger partial charge in [-0.05, 0) is 39.0 Å². The van der Waals surface area contributed by atoms with Crippen LogP contribution in [0.1, 0.15) is 31.1 Å². The summed E-state index contributed by atoms with van der Waals surface area (Å²) in [5.74, 6) is -1.80. The van der Waals surface area contributed by atoms with Crippen LogP contribution in [-0.2, 0) is 14.8 Å². The molecule has 0 saturated heterocycles. The summed E-state index contributed by atoms with van der Waals surface area (Å²) in [7, 11) is -2.56. The molecular formula is C14H20N2O6S. The van der Waals surface area contributed by atoms with Crippen molar-refractivity contribution >= 4 is 21.9 Å². The summed E-state index contributed by atoms with van der Waals surface area (Å²) in [6.07, 6.45) is 0. The van der Waals surface area contributed by atoms with Gasteiger partial charge in [0.15, 0.2) is 0 Å². The van der Waals surface area contributed by atoms with Crippen LogP contribution in [0.15, 0.2) is 23.1 Å². The van der Waals surface area contributed by atoms with Crippen LogP contribution >= 0.6 is 0 Å². The number of nitrogens with one attached hydrogen (secondary N) is 2. The summed E-state index contributed by atoms with van der Waals surface area (Å²) in [6, 6.07) is 2.41. The third kappa shape index (κ3) is 4.93. The van der Waals surface area contributed by atoms with Gasteiger partial charge in [-0.15, -0.1) is 0 Å². The predicted molar refractivity (Wildman–Crippen MR) is 83.0 cm³/mol. The number of sulfonamides is 1. The van der Waals surface area contributed by atoms with Crippen LogP contribution in [0.2, 0.25) is 0 Å². The molecule has 0 spiro atoms. The zero-order valence-electron chi connectivity index (χ0n) is 13.3. The molecule has 0 aliphatic rings. The Morgan fingerprint density at radius 3 is 2.30 bits per heavy atom. The molecular weight excluding hydrogens is 324 g/mol. The zero-order valence-corrected chi connectivity index (χ0v) is 14.1. The molecule has 0 fully saturated rings. The quantitative estimate of drug-likeness (QED) is 0.665. The number of carboxylic acid groups (broad SMARTS) is 1. The lowest BCUT2D eigenvalue weighted by Gasteiger charge is -2.15. The Hall–Kier alpha value is -2.13. The number of aliphatic carboxylic acids is 1. The van der Waals surface area contributed by atoms with E-state index < -0.39 is 27.9 Å². The number of carboxylic acids is 1. The average Bonchev–Trinajstić information content (AvgIpc) is 2.44. The number of carbonyl (C=O) groups excluding carboxylic acids is 1. The summed E-state index contributed by atoms with van der Waals surface area (Å²) in [5.41, 5.74) is 0.0167. The fraction of sp³-hybridized carbons (Fsp3) is 0.429. The smallest absolute Gasteiger partial charge is 0.325 e. The fourth-order valence-corrected chi connectivity index (χ4v) is 3.19. The van der Waals surface area contributed by atoms with Gasteiger partial charge in [0.2, 0.25) is 10.0 Å². The van der Waals surface area contributed by atoms with E-state index in [4.69, 9.17) is 9.84 Å². The molecule has 1 atom stereocenters. The van der Waals surface area contributed by atoms with Crippen LogP contribution in [0.25, 0.3) is 0 Å². The van der Waals surface area contributed by atoms with Crippen molar-refractivity contribution in [2.24, 2.45) is 0 Å². The van der Waals surface area contributed by atoms with Crippen molar-refractivity contribution in [2.45, 2.75) is 37.8 Å². The number of carbonyl (C=O) groups is 2. The summed E-state index contributed by atoms with van der Waals surface area (Å²) in [5, 5.41) is 11.1. The molecule has 0 bridgehead atoms. The Kier molecular flexibility index (Phi) is 6.11. The number of benzene rings is 1. The topological polar surface area (TPSA) is 122 Å². The van der Waals surface area contributed by atoms with Crippen LogP contribution < -0.4 is 14.8 Å². The van der Waals surface area contributed by atoms with E-state index in [0.29, 0.717) is 0 Å². The number of rotatable bonds is 7. The number of amides is 1. The molecule has 1 amide bonds. The number of ether oxygens (including phenoxy) is 1. The highest BCUT2D eigenvalue weighted by Crippen LogP contribution is 2.25. The van der Waals surface area contributed by atoms with Gasteiger partial charge in [0.1, 0.15) is 16.7 Å². The molecule has 9 heteroatoms. The monoisotopic (exact) mass is 344 g/mol. The van der Waals surface area contributed by atoms with E-state index in [2.05, 4.69) is 10.0 Å². The average molecular weight is 344 g/mol. The second kappa shape index (κ2) is 7.42. The van der Waals surface area contributed by atoms with E-state index in [1.165, 1.54) is 26.2 Å². The third-order valence-electron chi connectivity index (χ3n) is 2.82.